The van der Waals surface area contributed by atoms with E-state index in [0.29, 0.717) is 6.61 Å². The highest BCUT2D eigenvalue weighted by Gasteiger charge is 2.13. The van der Waals surface area contributed by atoms with E-state index >= 15 is 0 Å². The van der Waals surface area contributed by atoms with Crippen molar-refractivity contribution < 1.29 is 30.0 Å². The van der Waals surface area contributed by atoms with E-state index in [-0.39, 0.29) is 5.56 Å². The van der Waals surface area contributed by atoms with Crippen molar-refractivity contribution in [3.05, 3.63) is 17.7 Å². The van der Waals surface area contributed by atoms with E-state index in [9.17, 15) is 4.79 Å². The van der Waals surface area contributed by atoms with Crippen LogP contribution in [0.3, 0.4) is 0 Å². The van der Waals surface area contributed by atoms with E-state index in [0.717, 1.165) is 25.0 Å². The molecule has 4 N–H and O–H groups in total. The number of ether oxygens (including phenoxy) is 1. The van der Waals surface area contributed by atoms with Crippen LogP contribution in [0.15, 0.2) is 12.1 Å². The number of carbonyl (C=O) groups is 1. The fourth-order valence-corrected chi connectivity index (χ4v) is 0.998. The highest BCUT2D eigenvalue weighted by molar-refractivity contribution is 5.90. The number of methoxy groups -OCH3 is 1. The smallest absolute Gasteiger partial charge is 0.338 e. The molecule has 1 aromatic carbocycles. The zero-order chi connectivity index (χ0) is 14.1. The lowest BCUT2D eigenvalue weighted by Gasteiger charge is -2.03. The Labute approximate surface area is 105 Å². The van der Waals surface area contributed by atoms with E-state index < -0.39 is 23.2 Å². The maximum Gasteiger partial charge on any atom is 0.338 e. The average molecular weight is 258 g/mol. The Morgan fingerprint density at radius 1 is 1.22 bits per heavy atom. The van der Waals surface area contributed by atoms with Gasteiger partial charge in [0.1, 0.15) is 0 Å². The molecule has 0 saturated carbocycles. The molecule has 6 nitrogen and oxygen atoms in total. The molecule has 0 bridgehead atoms. The highest BCUT2D eigenvalue weighted by Crippen LogP contribution is 2.35. The number of carbonyl (C=O) groups excluding carboxylic acids is 1. The molecular formula is C12H18O6. The minimum Gasteiger partial charge on any atom is -0.504 e. The van der Waals surface area contributed by atoms with Crippen LogP contribution in [0.5, 0.6) is 17.2 Å². The van der Waals surface area contributed by atoms with Crippen molar-refractivity contribution in [1.82, 2.24) is 0 Å². The highest BCUT2D eigenvalue weighted by atomic mass is 16.5. The monoisotopic (exact) mass is 258 g/mol. The number of phenolic OH excluding ortho intramolecular Hbond substituents is 3. The molecule has 0 fully saturated rings. The molecule has 0 unspecified atom stereocenters. The second-order valence-electron chi connectivity index (χ2n) is 3.43. The lowest BCUT2D eigenvalue weighted by molar-refractivity contribution is 0.0599. The van der Waals surface area contributed by atoms with Crippen molar-refractivity contribution in [2.45, 2.75) is 19.8 Å². The topological polar surface area (TPSA) is 107 Å². The van der Waals surface area contributed by atoms with Crippen LogP contribution in [-0.2, 0) is 4.74 Å². The van der Waals surface area contributed by atoms with Crippen molar-refractivity contribution in [3.8, 4) is 17.2 Å². The summed E-state index contributed by atoms with van der Waals surface area (Å²) in [5.41, 5.74) is -0.0321. The first kappa shape index (κ1) is 16.1. The van der Waals surface area contributed by atoms with E-state index in [1.54, 1.807) is 0 Å². The molecule has 0 atom stereocenters. The fourth-order valence-electron chi connectivity index (χ4n) is 0.998. The zero-order valence-electron chi connectivity index (χ0n) is 10.4. The first-order valence-electron chi connectivity index (χ1n) is 5.42. The predicted molar refractivity (Wildman–Crippen MR) is 64.8 cm³/mol. The summed E-state index contributed by atoms with van der Waals surface area (Å²) in [6.07, 6.45) is 2.04. The van der Waals surface area contributed by atoms with Gasteiger partial charge < -0.3 is 25.2 Å². The third-order valence-corrected chi connectivity index (χ3v) is 2.00. The van der Waals surface area contributed by atoms with Crippen LogP contribution in [0, 0.1) is 0 Å². The Balaban J connectivity index is 0.000000494. The van der Waals surface area contributed by atoms with Gasteiger partial charge in [0.15, 0.2) is 17.2 Å². The third kappa shape index (κ3) is 4.92. The van der Waals surface area contributed by atoms with Crippen LogP contribution in [0.1, 0.15) is 30.1 Å². The van der Waals surface area contributed by atoms with Gasteiger partial charge in [-0.3, -0.25) is 0 Å². The van der Waals surface area contributed by atoms with E-state index in [1.807, 2.05) is 0 Å². The third-order valence-electron chi connectivity index (χ3n) is 2.00. The number of aliphatic hydroxyl groups excluding tert-OH is 1. The average Bonchev–Trinajstić information content (AvgIpc) is 2.36. The van der Waals surface area contributed by atoms with E-state index in [4.69, 9.17) is 20.4 Å². The molecule has 0 aliphatic carbocycles. The van der Waals surface area contributed by atoms with Gasteiger partial charge in [-0.05, 0) is 18.6 Å². The molecule has 0 aromatic heterocycles. The summed E-state index contributed by atoms with van der Waals surface area (Å²) in [6.45, 7) is 2.40. The minimum absolute atomic E-state index is 0.0321. The Morgan fingerprint density at radius 2 is 1.72 bits per heavy atom. The SMILES string of the molecule is CCCCO.COC(=O)c1cc(O)c(O)c(O)c1. The molecule has 0 aliphatic heterocycles. The number of unbranched alkanes of at least 4 members (excludes halogenated alkanes) is 1. The van der Waals surface area contributed by atoms with E-state index in [2.05, 4.69) is 11.7 Å². The Bertz CT molecular complexity index is 363. The molecule has 6 heteroatoms. The van der Waals surface area contributed by atoms with Crippen molar-refractivity contribution in [1.29, 1.82) is 0 Å². The van der Waals surface area contributed by atoms with Gasteiger partial charge in [0.2, 0.25) is 0 Å². The molecule has 102 valence electrons. The van der Waals surface area contributed by atoms with Crippen LogP contribution in [0.2, 0.25) is 0 Å². The molecular weight excluding hydrogens is 240 g/mol. The second kappa shape index (κ2) is 8.19. The number of phenols is 3. The summed E-state index contributed by atoms with van der Waals surface area (Å²) < 4.78 is 4.34. The number of aliphatic hydroxyl groups is 1. The number of aromatic hydroxyl groups is 3. The largest absolute Gasteiger partial charge is 0.504 e. The van der Waals surface area contributed by atoms with Crippen LogP contribution in [-0.4, -0.2) is 40.1 Å². The predicted octanol–water partition coefficient (Wildman–Crippen LogP) is 1.37. The summed E-state index contributed by atoms with van der Waals surface area (Å²) in [6, 6.07) is 2.00. The molecule has 0 radical (unpaired) electrons. The Morgan fingerprint density at radius 3 is 2.00 bits per heavy atom. The summed E-state index contributed by atoms with van der Waals surface area (Å²) in [4.78, 5) is 10.9. The first-order valence-corrected chi connectivity index (χ1v) is 5.42. The number of esters is 1. The maximum atomic E-state index is 10.9. The van der Waals surface area contributed by atoms with Crippen molar-refractivity contribution >= 4 is 5.97 Å². The van der Waals surface area contributed by atoms with Gasteiger partial charge in [-0.1, -0.05) is 13.3 Å². The van der Waals surface area contributed by atoms with Gasteiger partial charge in [-0.25, -0.2) is 4.79 Å². The van der Waals surface area contributed by atoms with E-state index in [1.165, 1.54) is 7.11 Å². The Hall–Kier alpha value is -1.95. The van der Waals surface area contributed by atoms with Gasteiger partial charge >= 0.3 is 5.97 Å². The number of hydrogen-bond donors (Lipinski definition) is 4. The van der Waals surface area contributed by atoms with Crippen molar-refractivity contribution in [2.75, 3.05) is 13.7 Å². The fraction of sp³-hybridized carbons (Fsp3) is 0.417. The number of hydrogen-bond acceptors (Lipinski definition) is 6. The molecule has 18 heavy (non-hydrogen) atoms. The van der Waals surface area contributed by atoms with Crippen LogP contribution >= 0.6 is 0 Å². The minimum atomic E-state index is -0.703. The normalized spacial score (nSPS) is 9.28. The molecule has 0 amide bonds. The first-order chi connectivity index (χ1) is 8.47. The number of benzene rings is 1. The molecule has 0 heterocycles. The molecule has 1 aromatic rings. The molecule has 0 spiro atoms. The lowest BCUT2D eigenvalue weighted by atomic mass is 10.2. The van der Waals surface area contributed by atoms with Crippen LogP contribution in [0.25, 0.3) is 0 Å². The van der Waals surface area contributed by atoms with Gasteiger partial charge in [0, 0.05) is 6.61 Å². The zero-order valence-corrected chi connectivity index (χ0v) is 10.4. The summed E-state index contributed by atoms with van der Waals surface area (Å²) in [7, 11) is 1.17. The van der Waals surface area contributed by atoms with Crippen molar-refractivity contribution in [2.24, 2.45) is 0 Å². The molecule has 0 saturated heterocycles. The number of rotatable bonds is 3. The Kier molecular flexibility index (Phi) is 7.30. The van der Waals surface area contributed by atoms with Gasteiger partial charge in [0.05, 0.1) is 12.7 Å². The van der Waals surface area contributed by atoms with Gasteiger partial charge in [-0.2, -0.15) is 0 Å². The summed E-state index contributed by atoms with van der Waals surface area (Å²) in [5, 5.41) is 35.0. The van der Waals surface area contributed by atoms with Gasteiger partial charge in [0.25, 0.3) is 0 Å². The lowest BCUT2D eigenvalue weighted by Crippen LogP contribution is -2.00. The standard InChI is InChI=1S/C8H8O5.C4H10O/c1-13-8(12)4-2-5(9)7(11)6(10)3-4;1-2-3-4-5/h2-3,9-11H,1H3;5H,2-4H2,1H3. The second-order valence-corrected chi connectivity index (χ2v) is 3.43. The maximum absolute atomic E-state index is 10.9. The quantitative estimate of drug-likeness (QED) is 0.482. The van der Waals surface area contributed by atoms with Crippen LogP contribution < -0.4 is 0 Å². The molecule has 1 rings (SSSR count). The van der Waals surface area contributed by atoms with Crippen LogP contribution in [0.4, 0.5) is 0 Å². The van der Waals surface area contributed by atoms with Gasteiger partial charge in [-0.15, -0.1) is 0 Å². The summed E-state index contributed by atoms with van der Waals surface area (Å²) in [5.74, 6) is -2.50. The summed E-state index contributed by atoms with van der Waals surface area (Å²) >= 11 is 0. The molecule has 0 aliphatic rings. The van der Waals surface area contributed by atoms with Crippen molar-refractivity contribution in [3.63, 3.8) is 0 Å².